The topological polar surface area (TPSA) is 35.5 Å². The minimum Gasteiger partial charge on any atom is -0.493 e. The molecule has 2 aromatic carbocycles. The number of aldehydes is 1. The van der Waals surface area contributed by atoms with Gasteiger partial charge in [0.2, 0.25) is 0 Å². The van der Waals surface area contributed by atoms with Gasteiger partial charge in [0.05, 0.1) is 24.8 Å². The maximum absolute atomic E-state index is 15.1. The quantitative estimate of drug-likeness (QED) is 0.665. The number of benzene rings is 2. The second-order valence-corrected chi connectivity index (χ2v) is 8.08. The fraction of sp³-hybridized carbons (Fsp3) is 0.409. The van der Waals surface area contributed by atoms with Crippen LogP contribution in [0.1, 0.15) is 49.2 Å². The van der Waals surface area contributed by atoms with E-state index in [1.807, 2.05) is 6.07 Å². The van der Waals surface area contributed by atoms with Gasteiger partial charge in [0, 0.05) is 16.5 Å². The van der Waals surface area contributed by atoms with Crippen LogP contribution in [0.5, 0.6) is 11.5 Å². The van der Waals surface area contributed by atoms with E-state index < -0.39 is 11.6 Å². The van der Waals surface area contributed by atoms with Gasteiger partial charge < -0.3 is 9.47 Å². The predicted molar refractivity (Wildman–Crippen MR) is 101 cm³/mol. The van der Waals surface area contributed by atoms with Gasteiger partial charge in [-0.25, -0.2) is 8.78 Å². The summed E-state index contributed by atoms with van der Waals surface area (Å²) in [6, 6.07) is 4.75. The number of fused-ring (bicyclic) bond motifs is 1. The molecule has 0 spiro atoms. The van der Waals surface area contributed by atoms with Crippen molar-refractivity contribution in [1.82, 2.24) is 0 Å². The Bertz CT molecular complexity index is 901. The molecule has 0 N–H and O–H groups in total. The molecule has 0 bridgehead atoms. The fourth-order valence-electron chi connectivity index (χ4n) is 3.61. The summed E-state index contributed by atoms with van der Waals surface area (Å²) in [6.45, 7) is 8.75. The molecule has 1 heterocycles. The smallest absolute Gasteiger partial charge is 0.166 e. The zero-order valence-electron chi connectivity index (χ0n) is 16.3. The molecule has 0 radical (unpaired) electrons. The Kier molecular flexibility index (Phi) is 4.98. The van der Waals surface area contributed by atoms with E-state index in [-0.39, 0.29) is 22.3 Å². The second-order valence-electron chi connectivity index (χ2n) is 8.08. The average Bonchev–Trinajstić information content (AvgIpc) is 2.90. The number of carbonyl (C=O) groups is 1. The summed E-state index contributed by atoms with van der Waals surface area (Å²) in [5.74, 6) is -0.898. The Morgan fingerprint density at radius 3 is 2.56 bits per heavy atom. The maximum Gasteiger partial charge on any atom is 0.166 e. The number of halogens is 2. The van der Waals surface area contributed by atoms with E-state index in [1.165, 1.54) is 7.11 Å². The highest BCUT2D eigenvalue weighted by atomic mass is 19.1. The van der Waals surface area contributed by atoms with Crippen LogP contribution in [-0.2, 0) is 11.8 Å². The molecule has 0 unspecified atom stereocenters. The molecule has 0 fully saturated rings. The lowest BCUT2D eigenvalue weighted by Crippen LogP contribution is -2.18. The summed E-state index contributed by atoms with van der Waals surface area (Å²) in [4.78, 5) is 11.2. The van der Waals surface area contributed by atoms with Crippen molar-refractivity contribution in [3.63, 3.8) is 0 Å². The molecular formula is C22H24F2O3. The van der Waals surface area contributed by atoms with Gasteiger partial charge in [-0.15, -0.1) is 0 Å². The van der Waals surface area contributed by atoms with E-state index in [1.54, 1.807) is 0 Å². The molecule has 144 valence electrons. The second kappa shape index (κ2) is 6.95. The Balaban J connectivity index is 2.37. The summed E-state index contributed by atoms with van der Waals surface area (Å²) in [7, 11) is 1.28. The van der Waals surface area contributed by atoms with Crippen molar-refractivity contribution in [3.05, 3.63) is 46.5 Å². The third-order valence-electron chi connectivity index (χ3n) is 4.90. The van der Waals surface area contributed by atoms with E-state index in [0.29, 0.717) is 30.1 Å². The Morgan fingerprint density at radius 1 is 1.26 bits per heavy atom. The van der Waals surface area contributed by atoms with E-state index in [9.17, 15) is 9.18 Å². The molecule has 0 aliphatic carbocycles. The predicted octanol–water partition coefficient (Wildman–Crippen LogP) is 5.32. The number of hydrogen-bond acceptors (Lipinski definition) is 3. The molecule has 0 aromatic heterocycles. The normalized spacial score (nSPS) is 14.8. The van der Waals surface area contributed by atoms with Crippen LogP contribution in [0.15, 0.2) is 18.2 Å². The number of carbonyl (C=O) groups excluding carboxylic acids is 1. The van der Waals surface area contributed by atoms with Crippen LogP contribution in [0.25, 0.3) is 11.1 Å². The number of hydrogen-bond donors (Lipinski definition) is 0. The molecule has 0 atom stereocenters. The first-order chi connectivity index (χ1) is 12.7. The molecule has 1 aliphatic rings. The van der Waals surface area contributed by atoms with Crippen molar-refractivity contribution in [1.29, 1.82) is 0 Å². The molecule has 3 nitrogen and oxygen atoms in total. The van der Waals surface area contributed by atoms with Crippen molar-refractivity contribution in [3.8, 4) is 22.6 Å². The fourth-order valence-corrected chi connectivity index (χ4v) is 3.61. The van der Waals surface area contributed by atoms with Gasteiger partial charge in [0.25, 0.3) is 0 Å². The molecule has 1 aliphatic heterocycles. The van der Waals surface area contributed by atoms with Crippen LogP contribution in [0.3, 0.4) is 0 Å². The number of ether oxygens (including phenoxy) is 2. The Labute approximate surface area is 158 Å². The average molecular weight is 374 g/mol. The molecule has 3 rings (SSSR count). The SMILES string of the molecule is COc1c(F)cc(C=O)c(F)c1-c1cc(CC(C)C)cc2c1OCC2(C)C. The van der Waals surface area contributed by atoms with E-state index in [2.05, 4.69) is 33.8 Å². The van der Waals surface area contributed by atoms with Crippen molar-refractivity contribution in [2.45, 2.75) is 39.5 Å². The Morgan fingerprint density at radius 2 is 1.96 bits per heavy atom. The van der Waals surface area contributed by atoms with Crippen molar-refractivity contribution in [2.75, 3.05) is 13.7 Å². The zero-order valence-corrected chi connectivity index (χ0v) is 16.3. The standard InChI is InChI=1S/C22H24F2O3/c1-12(2)6-13-7-15(20-16(8-13)22(3,4)11-27-20)18-19(24)14(10-25)9-17(23)21(18)26-5/h7-10,12H,6,11H2,1-5H3. The maximum atomic E-state index is 15.1. The van der Waals surface area contributed by atoms with Crippen molar-refractivity contribution >= 4 is 6.29 Å². The van der Waals surface area contributed by atoms with Gasteiger partial charge in [0.15, 0.2) is 17.9 Å². The summed E-state index contributed by atoms with van der Waals surface area (Å²) < 4.78 is 40.6. The summed E-state index contributed by atoms with van der Waals surface area (Å²) >= 11 is 0. The van der Waals surface area contributed by atoms with Gasteiger partial charge in [-0.1, -0.05) is 33.8 Å². The number of methoxy groups -OCH3 is 1. The first-order valence-electron chi connectivity index (χ1n) is 9.01. The van der Waals surface area contributed by atoms with Gasteiger partial charge in [-0.2, -0.15) is 0 Å². The number of rotatable bonds is 5. The lowest BCUT2D eigenvalue weighted by molar-refractivity contribution is 0.111. The van der Waals surface area contributed by atoms with E-state index in [0.717, 1.165) is 23.6 Å². The Hall–Kier alpha value is -2.43. The molecule has 27 heavy (non-hydrogen) atoms. The highest BCUT2D eigenvalue weighted by Crippen LogP contribution is 2.49. The first-order valence-corrected chi connectivity index (χ1v) is 9.01. The van der Waals surface area contributed by atoms with Crippen molar-refractivity contribution in [2.24, 2.45) is 5.92 Å². The summed E-state index contributed by atoms with van der Waals surface area (Å²) in [6.07, 6.45) is 1.10. The van der Waals surface area contributed by atoms with Crippen molar-refractivity contribution < 1.29 is 23.0 Å². The third-order valence-corrected chi connectivity index (χ3v) is 4.90. The van der Waals surface area contributed by atoms with Crippen LogP contribution in [-0.4, -0.2) is 20.0 Å². The van der Waals surface area contributed by atoms with Gasteiger partial charge in [-0.05, 0) is 30.0 Å². The van der Waals surface area contributed by atoms with Crippen LogP contribution in [0, 0.1) is 17.6 Å². The van der Waals surface area contributed by atoms with Gasteiger partial charge in [0.1, 0.15) is 11.6 Å². The third kappa shape index (κ3) is 3.31. The van der Waals surface area contributed by atoms with Crippen LogP contribution in [0.2, 0.25) is 0 Å². The lowest BCUT2D eigenvalue weighted by Gasteiger charge is -2.19. The highest BCUT2D eigenvalue weighted by molar-refractivity contribution is 5.86. The van der Waals surface area contributed by atoms with E-state index >= 15 is 4.39 Å². The van der Waals surface area contributed by atoms with Crippen LogP contribution < -0.4 is 9.47 Å². The zero-order chi connectivity index (χ0) is 19.9. The summed E-state index contributed by atoms with van der Waals surface area (Å²) in [5.41, 5.74) is 1.72. The molecule has 0 saturated carbocycles. The molecule has 2 aromatic rings. The van der Waals surface area contributed by atoms with Gasteiger partial charge >= 0.3 is 0 Å². The first kappa shape index (κ1) is 19.3. The van der Waals surface area contributed by atoms with Crippen LogP contribution >= 0.6 is 0 Å². The lowest BCUT2D eigenvalue weighted by atomic mass is 9.83. The minimum absolute atomic E-state index is 0.0702. The van der Waals surface area contributed by atoms with E-state index in [4.69, 9.17) is 9.47 Å². The molecule has 5 heteroatoms. The largest absolute Gasteiger partial charge is 0.493 e. The molecule has 0 amide bonds. The molecular weight excluding hydrogens is 350 g/mol. The summed E-state index contributed by atoms with van der Waals surface area (Å²) in [5, 5.41) is 0. The molecule has 0 saturated heterocycles. The monoisotopic (exact) mass is 374 g/mol. The highest BCUT2D eigenvalue weighted by Gasteiger charge is 2.36. The van der Waals surface area contributed by atoms with Crippen LogP contribution in [0.4, 0.5) is 8.78 Å². The minimum atomic E-state index is -0.805. The van der Waals surface area contributed by atoms with Gasteiger partial charge in [-0.3, -0.25) is 4.79 Å².